The Morgan fingerprint density at radius 3 is 2.65 bits per heavy atom. The van der Waals surface area contributed by atoms with Crippen molar-refractivity contribution in [3.8, 4) is 0 Å². The van der Waals surface area contributed by atoms with Crippen molar-refractivity contribution in [3.05, 3.63) is 35.9 Å². The predicted molar refractivity (Wildman–Crippen MR) is 74.4 cm³/mol. The first-order valence-corrected chi connectivity index (χ1v) is 6.42. The Labute approximate surface area is 118 Å². The summed E-state index contributed by atoms with van der Waals surface area (Å²) >= 11 is 0. The lowest BCUT2D eigenvalue weighted by molar-refractivity contribution is -0.137. The largest absolute Gasteiger partial charge is 0.481 e. The van der Waals surface area contributed by atoms with Gasteiger partial charge in [-0.1, -0.05) is 30.3 Å². The molecule has 0 saturated carbocycles. The second kappa shape index (κ2) is 8.92. The van der Waals surface area contributed by atoms with Gasteiger partial charge in [-0.2, -0.15) is 0 Å². The molecule has 20 heavy (non-hydrogen) atoms. The van der Waals surface area contributed by atoms with Crippen LogP contribution in [-0.2, 0) is 16.1 Å². The van der Waals surface area contributed by atoms with E-state index in [1.807, 2.05) is 30.3 Å². The van der Waals surface area contributed by atoms with Crippen LogP contribution in [0.4, 0.5) is 4.79 Å². The van der Waals surface area contributed by atoms with Gasteiger partial charge in [0.1, 0.15) is 0 Å². The van der Waals surface area contributed by atoms with E-state index in [0.717, 1.165) is 5.56 Å². The summed E-state index contributed by atoms with van der Waals surface area (Å²) in [5, 5.41) is 11.2. The van der Waals surface area contributed by atoms with Crippen molar-refractivity contribution in [2.24, 2.45) is 0 Å². The molecule has 0 spiro atoms. The van der Waals surface area contributed by atoms with Crippen molar-refractivity contribution < 1.29 is 19.4 Å². The fraction of sp³-hybridized carbons (Fsp3) is 0.429. The number of nitrogens with one attached hydrogen (secondary N) is 1. The van der Waals surface area contributed by atoms with E-state index >= 15 is 0 Å². The fourth-order valence-corrected chi connectivity index (χ4v) is 1.49. The third-order valence-electron chi connectivity index (χ3n) is 2.64. The van der Waals surface area contributed by atoms with Crippen LogP contribution in [0.15, 0.2) is 30.3 Å². The number of rotatable bonds is 8. The average molecular weight is 280 g/mol. The molecule has 1 rings (SSSR count). The number of aliphatic carboxylic acids is 1. The molecule has 0 aliphatic carbocycles. The Kier molecular flexibility index (Phi) is 7.13. The molecule has 0 unspecified atom stereocenters. The maximum absolute atomic E-state index is 11.6. The van der Waals surface area contributed by atoms with Gasteiger partial charge in [-0.15, -0.1) is 0 Å². The van der Waals surface area contributed by atoms with E-state index < -0.39 is 5.97 Å². The van der Waals surface area contributed by atoms with E-state index in [4.69, 9.17) is 9.84 Å². The minimum absolute atomic E-state index is 0.0611. The number of ether oxygens (including phenoxy) is 1. The van der Waals surface area contributed by atoms with Crippen LogP contribution in [0.2, 0.25) is 0 Å². The van der Waals surface area contributed by atoms with Gasteiger partial charge in [-0.3, -0.25) is 4.79 Å². The zero-order valence-corrected chi connectivity index (χ0v) is 11.5. The molecule has 0 saturated heterocycles. The van der Waals surface area contributed by atoms with E-state index in [1.54, 1.807) is 7.05 Å². The van der Waals surface area contributed by atoms with Gasteiger partial charge >= 0.3 is 12.0 Å². The molecule has 1 aromatic rings. The molecule has 0 aliphatic rings. The van der Waals surface area contributed by atoms with Gasteiger partial charge in [0.2, 0.25) is 0 Å². The number of urea groups is 1. The minimum Gasteiger partial charge on any atom is -0.481 e. The van der Waals surface area contributed by atoms with Crippen molar-refractivity contribution in [3.63, 3.8) is 0 Å². The van der Waals surface area contributed by atoms with Crippen LogP contribution in [0.25, 0.3) is 0 Å². The van der Waals surface area contributed by atoms with Crippen LogP contribution in [0.3, 0.4) is 0 Å². The smallest absolute Gasteiger partial charge is 0.317 e. The highest BCUT2D eigenvalue weighted by atomic mass is 16.5. The first kappa shape index (κ1) is 16.0. The van der Waals surface area contributed by atoms with E-state index in [9.17, 15) is 9.59 Å². The van der Waals surface area contributed by atoms with Gasteiger partial charge in [0.05, 0.1) is 19.6 Å². The third-order valence-corrected chi connectivity index (χ3v) is 2.64. The average Bonchev–Trinajstić information content (AvgIpc) is 2.45. The second-order valence-corrected chi connectivity index (χ2v) is 4.34. The van der Waals surface area contributed by atoms with E-state index in [-0.39, 0.29) is 19.0 Å². The number of nitrogens with zero attached hydrogens (tertiary/aromatic N) is 1. The van der Waals surface area contributed by atoms with Crippen molar-refractivity contribution >= 4 is 12.0 Å². The van der Waals surface area contributed by atoms with Gasteiger partial charge in [0.25, 0.3) is 0 Å². The molecule has 2 amide bonds. The molecule has 0 fully saturated rings. The zero-order chi connectivity index (χ0) is 14.8. The number of hydrogen-bond acceptors (Lipinski definition) is 3. The first-order chi connectivity index (χ1) is 9.59. The molecule has 110 valence electrons. The summed E-state index contributed by atoms with van der Waals surface area (Å²) in [5.74, 6) is -0.921. The molecule has 0 bridgehead atoms. The Bertz CT molecular complexity index is 422. The van der Waals surface area contributed by atoms with Gasteiger partial charge < -0.3 is 20.1 Å². The van der Waals surface area contributed by atoms with E-state index in [0.29, 0.717) is 19.8 Å². The number of carboxylic acid groups (broad SMARTS) is 1. The number of carbonyl (C=O) groups excluding carboxylic acids is 1. The normalized spacial score (nSPS) is 10.1. The molecule has 0 atom stereocenters. The number of carboxylic acids is 1. The van der Waals surface area contributed by atoms with E-state index in [2.05, 4.69) is 5.32 Å². The highest BCUT2D eigenvalue weighted by molar-refractivity contribution is 5.74. The topological polar surface area (TPSA) is 78.9 Å². The van der Waals surface area contributed by atoms with Gasteiger partial charge in [0, 0.05) is 20.1 Å². The summed E-state index contributed by atoms with van der Waals surface area (Å²) in [6.45, 7) is 1.49. The maximum atomic E-state index is 11.6. The lowest BCUT2D eigenvalue weighted by Gasteiger charge is -2.16. The molecule has 6 heteroatoms. The Hall–Kier alpha value is -2.08. The zero-order valence-electron chi connectivity index (χ0n) is 11.5. The van der Waals surface area contributed by atoms with E-state index in [1.165, 1.54) is 4.90 Å². The Balaban J connectivity index is 2.08. The van der Waals surface area contributed by atoms with Crippen LogP contribution in [-0.4, -0.2) is 48.8 Å². The third kappa shape index (κ3) is 6.75. The number of hydrogen-bond donors (Lipinski definition) is 2. The predicted octanol–water partition coefficient (Wildman–Crippen LogP) is 1.32. The molecule has 1 aromatic carbocycles. The molecule has 0 aromatic heterocycles. The first-order valence-electron chi connectivity index (χ1n) is 6.42. The SMILES string of the molecule is CN(CCC(=O)O)C(=O)NCCOCc1ccccc1. The molecular formula is C14H20N2O4. The summed E-state index contributed by atoms with van der Waals surface area (Å²) in [7, 11) is 1.56. The monoisotopic (exact) mass is 280 g/mol. The van der Waals surface area contributed by atoms with Crippen LogP contribution in [0, 0.1) is 0 Å². The van der Waals surface area contributed by atoms with Gasteiger partial charge in [-0.25, -0.2) is 4.79 Å². The lowest BCUT2D eigenvalue weighted by atomic mass is 10.2. The molecule has 0 radical (unpaired) electrons. The highest BCUT2D eigenvalue weighted by Crippen LogP contribution is 1.99. The standard InChI is InChI=1S/C14H20N2O4/c1-16(9-7-13(17)18)14(19)15-8-10-20-11-12-5-3-2-4-6-12/h2-6H,7-11H2,1H3,(H,15,19)(H,17,18). The second-order valence-electron chi connectivity index (χ2n) is 4.34. The summed E-state index contributed by atoms with van der Waals surface area (Å²) in [6, 6.07) is 9.47. The summed E-state index contributed by atoms with van der Waals surface area (Å²) in [6.07, 6.45) is -0.0611. The molecular weight excluding hydrogens is 260 g/mol. The van der Waals surface area contributed by atoms with Crippen molar-refractivity contribution in [1.29, 1.82) is 0 Å². The van der Waals surface area contributed by atoms with Crippen LogP contribution in [0.1, 0.15) is 12.0 Å². The molecule has 6 nitrogen and oxygen atoms in total. The van der Waals surface area contributed by atoms with Gasteiger partial charge in [-0.05, 0) is 5.56 Å². The van der Waals surface area contributed by atoms with Crippen LogP contribution in [0.5, 0.6) is 0 Å². The van der Waals surface area contributed by atoms with Crippen LogP contribution >= 0.6 is 0 Å². The number of benzene rings is 1. The number of amides is 2. The number of carbonyl (C=O) groups is 2. The van der Waals surface area contributed by atoms with Crippen molar-refractivity contribution in [2.45, 2.75) is 13.0 Å². The summed E-state index contributed by atoms with van der Waals surface area (Å²) in [4.78, 5) is 23.3. The van der Waals surface area contributed by atoms with Gasteiger partial charge in [0.15, 0.2) is 0 Å². The fourth-order valence-electron chi connectivity index (χ4n) is 1.49. The molecule has 0 heterocycles. The minimum atomic E-state index is -0.921. The Morgan fingerprint density at radius 1 is 1.30 bits per heavy atom. The van der Waals surface area contributed by atoms with Crippen molar-refractivity contribution in [1.82, 2.24) is 10.2 Å². The molecule has 2 N–H and O–H groups in total. The summed E-state index contributed by atoms with van der Waals surface area (Å²) in [5.41, 5.74) is 1.08. The summed E-state index contributed by atoms with van der Waals surface area (Å²) < 4.78 is 5.42. The Morgan fingerprint density at radius 2 is 2.00 bits per heavy atom. The maximum Gasteiger partial charge on any atom is 0.317 e. The van der Waals surface area contributed by atoms with Crippen LogP contribution < -0.4 is 5.32 Å². The highest BCUT2D eigenvalue weighted by Gasteiger charge is 2.08. The van der Waals surface area contributed by atoms with Crippen molar-refractivity contribution in [2.75, 3.05) is 26.7 Å². The molecule has 0 aliphatic heterocycles. The lowest BCUT2D eigenvalue weighted by Crippen LogP contribution is -2.39. The quantitative estimate of drug-likeness (QED) is 0.704.